The lowest BCUT2D eigenvalue weighted by Crippen LogP contribution is -2.25. The standard InChI is InChI=1S/C5H14O4PSi/c1-5-8-10(6,7)9-11(2,3)4/h5-7H,1H2,2-4H3/q+1. The van der Waals surface area contributed by atoms with Crippen LogP contribution in [-0.4, -0.2) is 18.1 Å². The van der Waals surface area contributed by atoms with Crippen LogP contribution < -0.4 is 0 Å². The molecule has 0 fully saturated rings. The van der Waals surface area contributed by atoms with Crippen LogP contribution in [0.2, 0.25) is 19.6 Å². The topological polar surface area (TPSA) is 58.9 Å². The van der Waals surface area contributed by atoms with Crippen LogP contribution in [0.5, 0.6) is 0 Å². The highest BCUT2D eigenvalue weighted by atomic mass is 31.2. The zero-order chi connectivity index (χ0) is 9.12. The van der Waals surface area contributed by atoms with Crippen molar-refractivity contribution < 1.29 is 18.5 Å². The van der Waals surface area contributed by atoms with Gasteiger partial charge in [0.05, 0.1) is 0 Å². The molecule has 4 nitrogen and oxygen atoms in total. The summed E-state index contributed by atoms with van der Waals surface area (Å²) >= 11 is 0. The van der Waals surface area contributed by atoms with Crippen molar-refractivity contribution in [2.45, 2.75) is 19.6 Å². The van der Waals surface area contributed by atoms with Gasteiger partial charge in [0.2, 0.25) is 0 Å². The quantitative estimate of drug-likeness (QED) is 0.409. The van der Waals surface area contributed by atoms with E-state index in [1.807, 2.05) is 19.6 Å². The molecule has 0 aromatic carbocycles. The molecule has 0 saturated carbocycles. The summed E-state index contributed by atoms with van der Waals surface area (Å²) in [6.07, 6.45) is 0.966. The summed E-state index contributed by atoms with van der Waals surface area (Å²) in [6, 6.07) is 0. The Kier molecular flexibility index (Phi) is 3.67. The van der Waals surface area contributed by atoms with E-state index in [0.717, 1.165) is 6.26 Å². The Morgan fingerprint density at radius 2 is 1.82 bits per heavy atom. The molecule has 0 unspecified atom stereocenters. The third-order valence-corrected chi connectivity index (χ3v) is 4.17. The summed E-state index contributed by atoms with van der Waals surface area (Å²) in [7, 11) is -5.57. The monoisotopic (exact) mass is 197 g/mol. The Balaban J connectivity index is 4.00. The number of hydrogen-bond acceptors (Lipinski definition) is 4. The van der Waals surface area contributed by atoms with Gasteiger partial charge in [0, 0.05) is 0 Å². The van der Waals surface area contributed by atoms with Gasteiger partial charge >= 0.3 is 8.17 Å². The lowest BCUT2D eigenvalue weighted by atomic mass is 11.2. The second-order valence-corrected chi connectivity index (χ2v) is 9.11. The predicted molar refractivity (Wildman–Crippen MR) is 47.1 cm³/mol. The summed E-state index contributed by atoms with van der Waals surface area (Å²) in [5, 5.41) is 0. The fraction of sp³-hybridized carbons (Fsp3) is 0.600. The van der Waals surface area contributed by atoms with Gasteiger partial charge in [-0.1, -0.05) is 6.58 Å². The molecule has 0 aliphatic rings. The fourth-order valence-electron chi connectivity index (χ4n) is 0.475. The van der Waals surface area contributed by atoms with Gasteiger partial charge in [-0.05, 0) is 19.6 Å². The second-order valence-electron chi connectivity index (χ2n) is 2.97. The highest BCUT2D eigenvalue weighted by molar-refractivity contribution is 7.56. The van der Waals surface area contributed by atoms with Gasteiger partial charge in [-0.2, -0.15) is 9.79 Å². The molecular formula is C5H14O4PSi+. The molecule has 2 N–H and O–H groups in total. The highest BCUT2D eigenvalue weighted by Crippen LogP contribution is 2.54. The SMILES string of the molecule is C=CO[P+](O)(O)O[Si](C)(C)C. The van der Waals surface area contributed by atoms with Crippen molar-refractivity contribution in [1.82, 2.24) is 0 Å². The van der Waals surface area contributed by atoms with Crippen LogP contribution in [-0.2, 0) is 8.74 Å². The van der Waals surface area contributed by atoms with Gasteiger partial charge in [-0.3, -0.25) is 4.52 Å². The van der Waals surface area contributed by atoms with Crippen molar-refractivity contribution >= 4 is 16.5 Å². The minimum atomic E-state index is -3.62. The predicted octanol–water partition coefficient (Wildman–Crippen LogP) is 1.66. The second kappa shape index (κ2) is 3.65. The van der Waals surface area contributed by atoms with Crippen molar-refractivity contribution in [1.29, 1.82) is 0 Å². The normalized spacial score (nSPS) is 12.8. The van der Waals surface area contributed by atoms with E-state index in [2.05, 4.69) is 11.1 Å². The molecule has 6 heteroatoms. The maximum absolute atomic E-state index is 9.04. The summed E-state index contributed by atoms with van der Waals surface area (Å²) in [5.74, 6) is 0. The van der Waals surface area contributed by atoms with Crippen molar-refractivity contribution in [2.24, 2.45) is 0 Å². The van der Waals surface area contributed by atoms with Crippen LogP contribution in [0, 0.1) is 0 Å². The van der Waals surface area contributed by atoms with Gasteiger partial charge in [0.1, 0.15) is 6.26 Å². The summed E-state index contributed by atoms with van der Waals surface area (Å²) in [5.41, 5.74) is 0. The Hall–Kier alpha value is 0.0669. The van der Waals surface area contributed by atoms with Gasteiger partial charge in [-0.25, -0.2) is 4.21 Å². The zero-order valence-electron chi connectivity index (χ0n) is 6.94. The Morgan fingerprint density at radius 1 is 1.36 bits per heavy atom. The van der Waals surface area contributed by atoms with Crippen molar-refractivity contribution in [3.63, 3.8) is 0 Å². The molecular weight excluding hydrogens is 183 g/mol. The van der Waals surface area contributed by atoms with Crippen LogP contribution in [0.15, 0.2) is 12.8 Å². The summed E-state index contributed by atoms with van der Waals surface area (Å²) < 4.78 is 9.34. The van der Waals surface area contributed by atoms with Gasteiger partial charge in [0.15, 0.2) is 0 Å². The third-order valence-electron chi connectivity index (χ3n) is 0.605. The molecule has 0 atom stereocenters. The van der Waals surface area contributed by atoms with Crippen molar-refractivity contribution in [2.75, 3.05) is 0 Å². The van der Waals surface area contributed by atoms with Crippen LogP contribution in [0.25, 0.3) is 0 Å². The zero-order valence-corrected chi connectivity index (χ0v) is 8.84. The van der Waals surface area contributed by atoms with Crippen LogP contribution in [0.4, 0.5) is 0 Å². The molecule has 0 aromatic heterocycles. The molecule has 0 amide bonds. The molecule has 0 spiro atoms. The Labute approximate surface area is 68.3 Å². The molecule has 11 heavy (non-hydrogen) atoms. The molecule has 0 aliphatic carbocycles. The third kappa shape index (κ3) is 6.46. The van der Waals surface area contributed by atoms with E-state index in [4.69, 9.17) is 14.0 Å². The molecule has 0 heterocycles. The summed E-state index contributed by atoms with van der Waals surface area (Å²) in [6.45, 7) is 8.70. The minimum absolute atomic E-state index is 0.966. The maximum atomic E-state index is 9.04. The first kappa shape index (κ1) is 11.1. The summed E-state index contributed by atoms with van der Waals surface area (Å²) in [4.78, 5) is 18.1. The molecule has 0 saturated heterocycles. The first-order valence-corrected chi connectivity index (χ1v) is 8.05. The first-order valence-electron chi connectivity index (χ1n) is 3.11. The smallest absolute Gasteiger partial charge is 0.270 e. The lowest BCUT2D eigenvalue weighted by Gasteiger charge is -2.16. The van der Waals surface area contributed by atoms with E-state index in [-0.39, 0.29) is 0 Å². The average molecular weight is 197 g/mol. The van der Waals surface area contributed by atoms with Crippen molar-refractivity contribution in [3.8, 4) is 0 Å². The van der Waals surface area contributed by atoms with Crippen LogP contribution in [0.1, 0.15) is 0 Å². The molecule has 0 bridgehead atoms. The molecule has 0 aliphatic heterocycles. The van der Waals surface area contributed by atoms with Gasteiger partial charge in [0.25, 0.3) is 8.32 Å². The first-order chi connectivity index (χ1) is 4.77. The number of rotatable bonds is 4. The Morgan fingerprint density at radius 3 is 2.09 bits per heavy atom. The van der Waals surface area contributed by atoms with E-state index < -0.39 is 16.5 Å². The fourth-order valence-corrected chi connectivity index (χ4v) is 3.70. The highest BCUT2D eigenvalue weighted by Gasteiger charge is 2.44. The Bertz CT molecular complexity index is 142. The van der Waals surface area contributed by atoms with Gasteiger partial charge < -0.3 is 0 Å². The molecule has 66 valence electrons. The van der Waals surface area contributed by atoms with Crippen LogP contribution in [0.3, 0.4) is 0 Å². The molecule has 0 radical (unpaired) electrons. The van der Waals surface area contributed by atoms with Crippen LogP contribution >= 0.6 is 8.17 Å². The van der Waals surface area contributed by atoms with E-state index >= 15 is 0 Å². The van der Waals surface area contributed by atoms with E-state index in [9.17, 15) is 0 Å². The van der Waals surface area contributed by atoms with E-state index in [1.54, 1.807) is 0 Å². The minimum Gasteiger partial charge on any atom is -0.270 e. The molecule has 0 aromatic rings. The average Bonchev–Trinajstić information content (AvgIpc) is 1.55. The van der Waals surface area contributed by atoms with E-state index in [1.165, 1.54) is 0 Å². The largest absolute Gasteiger partial charge is 0.604 e. The maximum Gasteiger partial charge on any atom is 0.604 e. The van der Waals surface area contributed by atoms with E-state index in [0.29, 0.717) is 0 Å². The van der Waals surface area contributed by atoms with Gasteiger partial charge in [-0.15, -0.1) is 0 Å². The molecule has 0 rings (SSSR count). The van der Waals surface area contributed by atoms with Crippen molar-refractivity contribution in [3.05, 3.63) is 12.8 Å². The lowest BCUT2D eigenvalue weighted by molar-refractivity contribution is 0.221. The number of hydrogen-bond donors (Lipinski definition) is 2.